The lowest BCUT2D eigenvalue weighted by Crippen LogP contribution is -2.45. The van der Waals surface area contributed by atoms with E-state index < -0.39 is 0 Å². The fraction of sp³-hybridized carbons (Fsp3) is 0.438. The zero-order chi connectivity index (χ0) is 14.1. The lowest BCUT2D eigenvalue weighted by Gasteiger charge is -2.40. The van der Waals surface area contributed by atoms with Gasteiger partial charge >= 0.3 is 0 Å². The molecule has 4 heteroatoms. The van der Waals surface area contributed by atoms with Gasteiger partial charge in [-0.25, -0.2) is 0 Å². The fourth-order valence-corrected chi connectivity index (χ4v) is 4.00. The number of aromatic nitrogens is 1. The van der Waals surface area contributed by atoms with Gasteiger partial charge in [0.1, 0.15) is 0 Å². The molecular weight excluding hydrogens is 266 g/mol. The Kier molecular flexibility index (Phi) is 3.85. The Hall–Kier alpha value is -1.26. The summed E-state index contributed by atoms with van der Waals surface area (Å²) in [5, 5.41) is 1.86. The SMILES string of the molecule is CC1SCCN(c2c(CN)cnc3ccccc23)C1C. The molecule has 1 aliphatic rings. The van der Waals surface area contributed by atoms with Crippen molar-refractivity contribution in [1.82, 2.24) is 4.98 Å². The van der Waals surface area contributed by atoms with E-state index in [-0.39, 0.29) is 0 Å². The number of fused-ring (bicyclic) bond motifs is 1. The van der Waals surface area contributed by atoms with E-state index in [1.165, 1.54) is 16.8 Å². The molecule has 0 radical (unpaired) electrons. The van der Waals surface area contributed by atoms with E-state index in [4.69, 9.17) is 5.73 Å². The maximum atomic E-state index is 5.96. The van der Waals surface area contributed by atoms with E-state index in [0.717, 1.165) is 17.6 Å². The first-order valence-corrected chi connectivity index (χ1v) is 8.22. The molecule has 0 amide bonds. The molecule has 0 saturated carbocycles. The molecule has 2 atom stereocenters. The number of pyridine rings is 1. The lowest BCUT2D eigenvalue weighted by atomic mass is 10.1. The monoisotopic (exact) mass is 287 g/mol. The van der Waals surface area contributed by atoms with Crippen molar-refractivity contribution < 1.29 is 0 Å². The molecule has 1 aromatic carbocycles. The summed E-state index contributed by atoms with van der Waals surface area (Å²) >= 11 is 2.05. The van der Waals surface area contributed by atoms with Gasteiger partial charge in [0.2, 0.25) is 0 Å². The molecule has 2 aromatic rings. The number of anilines is 1. The number of rotatable bonds is 2. The van der Waals surface area contributed by atoms with Crippen molar-refractivity contribution in [2.45, 2.75) is 31.7 Å². The maximum absolute atomic E-state index is 5.96. The van der Waals surface area contributed by atoms with Gasteiger partial charge in [-0.2, -0.15) is 11.8 Å². The second-order valence-electron chi connectivity index (χ2n) is 5.36. The Labute approximate surface area is 124 Å². The van der Waals surface area contributed by atoms with Crippen molar-refractivity contribution in [2.24, 2.45) is 5.73 Å². The van der Waals surface area contributed by atoms with Crippen LogP contribution in [-0.4, -0.2) is 28.6 Å². The quantitative estimate of drug-likeness (QED) is 0.922. The lowest BCUT2D eigenvalue weighted by molar-refractivity contribution is 0.626. The van der Waals surface area contributed by atoms with E-state index in [1.807, 2.05) is 12.3 Å². The van der Waals surface area contributed by atoms with Crippen LogP contribution in [0, 0.1) is 0 Å². The van der Waals surface area contributed by atoms with Crippen molar-refractivity contribution in [3.8, 4) is 0 Å². The fourth-order valence-electron chi connectivity index (χ4n) is 2.91. The van der Waals surface area contributed by atoms with Crippen molar-refractivity contribution in [1.29, 1.82) is 0 Å². The number of para-hydroxylation sites is 1. The summed E-state index contributed by atoms with van der Waals surface area (Å²) in [6.45, 7) is 6.24. The third-order valence-corrected chi connectivity index (χ3v) is 5.55. The second-order valence-corrected chi connectivity index (χ2v) is 6.85. The summed E-state index contributed by atoms with van der Waals surface area (Å²) < 4.78 is 0. The first-order valence-electron chi connectivity index (χ1n) is 7.17. The third kappa shape index (κ3) is 2.27. The normalized spacial score (nSPS) is 23.2. The van der Waals surface area contributed by atoms with Gasteiger partial charge in [0.05, 0.1) is 11.2 Å². The van der Waals surface area contributed by atoms with Gasteiger partial charge < -0.3 is 10.6 Å². The summed E-state index contributed by atoms with van der Waals surface area (Å²) in [4.78, 5) is 7.06. The molecule has 3 rings (SSSR count). The molecule has 2 unspecified atom stereocenters. The van der Waals surface area contributed by atoms with Crippen LogP contribution in [0.1, 0.15) is 19.4 Å². The van der Waals surface area contributed by atoms with Crippen LogP contribution < -0.4 is 10.6 Å². The molecule has 3 nitrogen and oxygen atoms in total. The highest BCUT2D eigenvalue weighted by atomic mass is 32.2. The van der Waals surface area contributed by atoms with Crippen LogP contribution in [-0.2, 0) is 6.54 Å². The largest absolute Gasteiger partial charge is 0.366 e. The highest BCUT2D eigenvalue weighted by Crippen LogP contribution is 2.35. The molecule has 0 aliphatic carbocycles. The minimum absolute atomic E-state index is 0.518. The Morgan fingerprint density at radius 1 is 1.35 bits per heavy atom. The summed E-state index contributed by atoms with van der Waals surface area (Å²) in [6.07, 6.45) is 1.94. The molecule has 0 bridgehead atoms. The number of hydrogen-bond donors (Lipinski definition) is 1. The van der Waals surface area contributed by atoms with Gasteiger partial charge in [-0.05, 0) is 13.0 Å². The molecule has 20 heavy (non-hydrogen) atoms. The number of thioether (sulfide) groups is 1. The standard InChI is InChI=1S/C16H21N3S/c1-11-12(2)20-8-7-19(11)16-13(9-17)10-18-15-6-4-3-5-14(15)16/h3-6,10-12H,7-9,17H2,1-2H3. The third-order valence-electron chi connectivity index (χ3n) is 4.21. The van der Waals surface area contributed by atoms with Crippen LogP contribution in [0.3, 0.4) is 0 Å². The van der Waals surface area contributed by atoms with E-state index in [2.05, 4.69) is 53.7 Å². The molecule has 2 heterocycles. The molecule has 0 spiro atoms. The van der Waals surface area contributed by atoms with Crippen LogP contribution >= 0.6 is 11.8 Å². The predicted molar refractivity (Wildman–Crippen MR) is 88.4 cm³/mol. The van der Waals surface area contributed by atoms with Crippen LogP contribution in [0.15, 0.2) is 30.5 Å². The average molecular weight is 287 g/mol. The highest BCUT2D eigenvalue weighted by Gasteiger charge is 2.27. The molecule has 2 N–H and O–H groups in total. The molecule has 106 valence electrons. The number of hydrogen-bond acceptors (Lipinski definition) is 4. The summed E-state index contributed by atoms with van der Waals surface area (Å²) in [5.41, 5.74) is 9.45. The van der Waals surface area contributed by atoms with Gasteiger partial charge in [-0.3, -0.25) is 4.98 Å². The first kappa shape index (κ1) is 13.7. The second kappa shape index (κ2) is 5.62. The molecule has 1 aliphatic heterocycles. The van der Waals surface area contributed by atoms with E-state index in [1.54, 1.807) is 0 Å². The Morgan fingerprint density at radius 2 is 2.15 bits per heavy atom. The van der Waals surface area contributed by atoms with Crippen molar-refractivity contribution >= 4 is 28.4 Å². The Morgan fingerprint density at radius 3 is 2.95 bits per heavy atom. The molecule has 1 fully saturated rings. The first-order chi connectivity index (χ1) is 9.72. The molecule has 1 aromatic heterocycles. The number of benzene rings is 1. The van der Waals surface area contributed by atoms with E-state index in [9.17, 15) is 0 Å². The topological polar surface area (TPSA) is 42.1 Å². The number of nitrogens with two attached hydrogens (primary N) is 1. The zero-order valence-corrected chi connectivity index (χ0v) is 12.9. The minimum atomic E-state index is 0.518. The minimum Gasteiger partial charge on any atom is -0.366 e. The van der Waals surface area contributed by atoms with Crippen LogP contribution in [0.25, 0.3) is 10.9 Å². The van der Waals surface area contributed by atoms with Crippen molar-refractivity contribution in [3.63, 3.8) is 0 Å². The Bertz CT molecular complexity index is 614. The van der Waals surface area contributed by atoms with Crippen LogP contribution in [0.4, 0.5) is 5.69 Å². The van der Waals surface area contributed by atoms with Crippen molar-refractivity contribution in [3.05, 3.63) is 36.0 Å². The number of nitrogens with zero attached hydrogens (tertiary/aromatic N) is 2. The predicted octanol–water partition coefficient (Wildman–Crippen LogP) is 3.02. The summed E-state index contributed by atoms with van der Waals surface area (Å²) in [6, 6.07) is 8.88. The maximum Gasteiger partial charge on any atom is 0.0723 e. The van der Waals surface area contributed by atoms with Gasteiger partial charge in [0.25, 0.3) is 0 Å². The van der Waals surface area contributed by atoms with Crippen molar-refractivity contribution in [2.75, 3.05) is 17.2 Å². The molecular formula is C16H21N3S. The molecule has 1 saturated heterocycles. The van der Waals surface area contributed by atoms with Crippen LogP contribution in [0.5, 0.6) is 0 Å². The smallest absolute Gasteiger partial charge is 0.0723 e. The average Bonchev–Trinajstić information content (AvgIpc) is 2.49. The van der Waals surface area contributed by atoms with Gasteiger partial charge in [-0.15, -0.1) is 0 Å². The van der Waals surface area contributed by atoms with Gasteiger partial charge in [-0.1, -0.05) is 25.1 Å². The zero-order valence-electron chi connectivity index (χ0n) is 12.0. The highest BCUT2D eigenvalue weighted by molar-refractivity contribution is 8.00. The van der Waals surface area contributed by atoms with E-state index in [0.29, 0.717) is 17.8 Å². The Balaban J connectivity index is 2.17. The summed E-state index contributed by atoms with van der Waals surface area (Å²) in [5.74, 6) is 1.17. The summed E-state index contributed by atoms with van der Waals surface area (Å²) in [7, 11) is 0. The van der Waals surface area contributed by atoms with Crippen LogP contribution in [0.2, 0.25) is 0 Å². The van der Waals surface area contributed by atoms with Gasteiger partial charge in [0, 0.05) is 47.3 Å². The van der Waals surface area contributed by atoms with E-state index >= 15 is 0 Å². The van der Waals surface area contributed by atoms with Gasteiger partial charge in [0.15, 0.2) is 0 Å².